The standard InChI is InChI=1S/C18H29N3O2/c1-20(14-17-7-4-12-23-17)18(22)19-16-8-10-21(11-9-16)13-15-5-2-3-6-15/h4,7,12,15-16H,2-3,5-6,8-11,13-14H2,1H3,(H,19,22). The molecule has 0 radical (unpaired) electrons. The lowest BCUT2D eigenvalue weighted by atomic mass is 10.0. The summed E-state index contributed by atoms with van der Waals surface area (Å²) in [4.78, 5) is 16.5. The number of hydrogen-bond donors (Lipinski definition) is 1. The second-order valence-electron chi connectivity index (χ2n) is 7.11. The van der Waals surface area contributed by atoms with E-state index in [0.29, 0.717) is 12.6 Å². The first-order chi connectivity index (χ1) is 11.2. The highest BCUT2D eigenvalue weighted by Gasteiger charge is 2.25. The van der Waals surface area contributed by atoms with Crippen LogP contribution in [-0.2, 0) is 6.54 Å². The van der Waals surface area contributed by atoms with Crippen molar-refractivity contribution in [1.82, 2.24) is 15.1 Å². The van der Waals surface area contributed by atoms with Crippen molar-refractivity contribution in [3.05, 3.63) is 24.2 Å². The predicted octanol–water partition coefficient (Wildman–Crippen LogP) is 3.08. The first kappa shape index (κ1) is 16.4. The van der Waals surface area contributed by atoms with Gasteiger partial charge in [-0.25, -0.2) is 4.79 Å². The van der Waals surface area contributed by atoms with Gasteiger partial charge in [0.2, 0.25) is 0 Å². The summed E-state index contributed by atoms with van der Waals surface area (Å²) in [5, 5.41) is 3.16. The number of carbonyl (C=O) groups excluding carboxylic acids is 1. The molecule has 5 nitrogen and oxygen atoms in total. The lowest BCUT2D eigenvalue weighted by molar-refractivity contribution is 0.162. The summed E-state index contributed by atoms with van der Waals surface area (Å²) >= 11 is 0. The number of likely N-dealkylation sites (tertiary alicyclic amines) is 1. The van der Waals surface area contributed by atoms with Crippen LogP contribution in [-0.4, -0.2) is 48.6 Å². The molecular formula is C18H29N3O2. The van der Waals surface area contributed by atoms with Crippen LogP contribution in [0.5, 0.6) is 0 Å². The number of piperidine rings is 1. The van der Waals surface area contributed by atoms with Gasteiger partial charge in [0.1, 0.15) is 5.76 Å². The number of furan rings is 1. The Morgan fingerprint density at radius 1 is 1.30 bits per heavy atom. The average molecular weight is 319 g/mol. The molecule has 2 fully saturated rings. The Balaban J connectivity index is 1.36. The summed E-state index contributed by atoms with van der Waals surface area (Å²) in [6, 6.07) is 4.05. The fraction of sp³-hybridized carbons (Fsp3) is 0.722. The van der Waals surface area contributed by atoms with E-state index in [-0.39, 0.29) is 6.03 Å². The molecular weight excluding hydrogens is 290 g/mol. The van der Waals surface area contributed by atoms with Crippen molar-refractivity contribution in [1.29, 1.82) is 0 Å². The van der Waals surface area contributed by atoms with Gasteiger partial charge in [-0.15, -0.1) is 0 Å². The molecule has 1 saturated carbocycles. The Bertz CT molecular complexity index is 474. The van der Waals surface area contributed by atoms with Gasteiger partial charge in [0.15, 0.2) is 0 Å². The first-order valence-corrected chi connectivity index (χ1v) is 8.97. The number of carbonyl (C=O) groups is 1. The second-order valence-corrected chi connectivity index (χ2v) is 7.11. The molecule has 1 aromatic heterocycles. The summed E-state index contributed by atoms with van der Waals surface area (Å²) in [7, 11) is 1.81. The van der Waals surface area contributed by atoms with E-state index >= 15 is 0 Å². The minimum absolute atomic E-state index is 0.00403. The van der Waals surface area contributed by atoms with E-state index in [9.17, 15) is 4.79 Å². The van der Waals surface area contributed by atoms with Gasteiger partial charge in [-0.1, -0.05) is 12.8 Å². The summed E-state index contributed by atoms with van der Waals surface area (Å²) in [5.41, 5.74) is 0. The van der Waals surface area contributed by atoms with E-state index < -0.39 is 0 Å². The largest absolute Gasteiger partial charge is 0.467 e. The zero-order valence-electron chi connectivity index (χ0n) is 14.2. The zero-order chi connectivity index (χ0) is 16.1. The number of urea groups is 1. The highest BCUT2D eigenvalue weighted by Crippen LogP contribution is 2.26. The summed E-state index contributed by atoms with van der Waals surface area (Å²) in [6.07, 6.45) is 9.42. The fourth-order valence-corrected chi connectivity index (χ4v) is 3.81. The van der Waals surface area contributed by atoms with Crippen LogP contribution < -0.4 is 5.32 Å². The van der Waals surface area contributed by atoms with E-state index in [2.05, 4.69) is 10.2 Å². The molecule has 1 aliphatic heterocycles. The van der Waals surface area contributed by atoms with Crippen molar-refractivity contribution in [3.8, 4) is 0 Å². The van der Waals surface area contributed by atoms with Gasteiger partial charge in [-0.05, 0) is 43.7 Å². The summed E-state index contributed by atoms with van der Waals surface area (Å²) in [5.74, 6) is 1.73. The Hall–Kier alpha value is -1.49. The molecule has 0 unspecified atom stereocenters. The normalized spacial score (nSPS) is 20.7. The molecule has 3 rings (SSSR count). The molecule has 2 aliphatic rings. The second kappa shape index (κ2) is 7.86. The minimum atomic E-state index is -0.00403. The van der Waals surface area contributed by atoms with E-state index in [1.54, 1.807) is 11.2 Å². The quantitative estimate of drug-likeness (QED) is 0.907. The molecule has 1 saturated heterocycles. The van der Waals surface area contributed by atoms with Crippen molar-refractivity contribution >= 4 is 6.03 Å². The number of rotatable bonds is 5. The predicted molar refractivity (Wildman–Crippen MR) is 90.1 cm³/mol. The van der Waals surface area contributed by atoms with Crippen LogP contribution in [0.4, 0.5) is 4.79 Å². The Labute approximate surface area is 139 Å². The van der Waals surface area contributed by atoms with Crippen LogP contribution in [0.2, 0.25) is 0 Å². The molecule has 5 heteroatoms. The SMILES string of the molecule is CN(Cc1ccco1)C(=O)NC1CCN(CC2CCCC2)CC1. The van der Waals surface area contributed by atoms with Crippen molar-refractivity contribution < 1.29 is 9.21 Å². The molecule has 2 heterocycles. The lowest BCUT2D eigenvalue weighted by Gasteiger charge is -2.34. The van der Waals surface area contributed by atoms with Gasteiger partial charge in [0, 0.05) is 32.7 Å². The maximum absolute atomic E-state index is 12.3. The smallest absolute Gasteiger partial charge is 0.317 e. The monoisotopic (exact) mass is 319 g/mol. The third kappa shape index (κ3) is 4.74. The zero-order valence-corrected chi connectivity index (χ0v) is 14.2. The molecule has 0 aromatic carbocycles. The minimum Gasteiger partial charge on any atom is -0.467 e. The van der Waals surface area contributed by atoms with Crippen LogP contribution in [0.3, 0.4) is 0 Å². The molecule has 2 amide bonds. The Morgan fingerprint density at radius 3 is 2.70 bits per heavy atom. The third-order valence-corrected chi connectivity index (χ3v) is 5.23. The first-order valence-electron chi connectivity index (χ1n) is 8.97. The van der Waals surface area contributed by atoms with Crippen LogP contribution in [0.25, 0.3) is 0 Å². The van der Waals surface area contributed by atoms with Crippen LogP contribution in [0, 0.1) is 5.92 Å². The molecule has 23 heavy (non-hydrogen) atoms. The maximum Gasteiger partial charge on any atom is 0.317 e. The van der Waals surface area contributed by atoms with Gasteiger partial charge < -0.3 is 19.5 Å². The Morgan fingerprint density at radius 2 is 2.04 bits per heavy atom. The molecule has 0 atom stereocenters. The van der Waals surface area contributed by atoms with Crippen LogP contribution >= 0.6 is 0 Å². The van der Waals surface area contributed by atoms with Crippen molar-refractivity contribution in [3.63, 3.8) is 0 Å². The molecule has 0 spiro atoms. The van der Waals surface area contributed by atoms with E-state index in [1.807, 2.05) is 19.2 Å². The molecule has 128 valence electrons. The highest BCUT2D eigenvalue weighted by atomic mass is 16.3. The summed E-state index contributed by atoms with van der Waals surface area (Å²) < 4.78 is 5.29. The van der Waals surface area contributed by atoms with Gasteiger partial charge in [-0.2, -0.15) is 0 Å². The molecule has 1 N–H and O–H groups in total. The number of amides is 2. The molecule has 1 aromatic rings. The maximum atomic E-state index is 12.3. The number of nitrogens with zero attached hydrogens (tertiary/aromatic N) is 2. The van der Waals surface area contributed by atoms with E-state index in [4.69, 9.17) is 4.42 Å². The van der Waals surface area contributed by atoms with Gasteiger partial charge in [-0.3, -0.25) is 0 Å². The topological polar surface area (TPSA) is 48.7 Å². The van der Waals surface area contributed by atoms with Crippen LogP contribution in [0.1, 0.15) is 44.3 Å². The van der Waals surface area contributed by atoms with Crippen molar-refractivity contribution in [2.45, 2.75) is 51.1 Å². The van der Waals surface area contributed by atoms with E-state index in [0.717, 1.165) is 37.6 Å². The van der Waals surface area contributed by atoms with Crippen molar-refractivity contribution in [2.75, 3.05) is 26.7 Å². The van der Waals surface area contributed by atoms with Crippen LogP contribution in [0.15, 0.2) is 22.8 Å². The van der Waals surface area contributed by atoms with E-state index in [1.165, 1.54) is 32.2 Å². The van der Waals surface area contributed by atoms with Gasteiger partial charge >= 0.3 is 6.03 Å². The lowest BCUT2D eigenvalue weighted by Crippen LogP contribution is -2.48. The molecule has 1 aliphatic carbocycles. The third-order valence-electron chi connectivity index (χ3n) is 5.23. The summed E-state index contributed by atoms with van der Waals surface area (Å²) in [6.45, 7) is 4.01. The Kier molecular flexibility index (Phi) is 5.60. The van der Waals surface area contributed by atoms with Crippen molar-refractivity contribution in [2.24, 2.45) is 5.92 Å². The number of nitrogens with one attached hydrogen (secondary N) is 1. The van der Waals surface area contributed by atoms with Gasteiger partial charge in [0.05, 0.1) is 12.8 Å². The fourth-order valence-electron chi connectivity index (χ4n) is 3.81. The average Bonchev–Trinajstić information content (AvgIpc) is 3.23. The number of hydrogen-bond acceptors (Lipinski definition) is 3. The molecule has 0 bridgehead atoms. The van der Waals surface area contributed by atoms with Gasteiger partial charge in [0.25, 0.3) is 0 Å². The highest BCUT2D eigenvalue weighted by molar-refractivity contribution is 5.74.